The second-order valence-electron chi connectivity index (χ2n) is 3.67. The van der Waals surface area contributed by atoms with Crippen molar-refractivity contribution >= 4 is 28.6 Å². The van der Waals surface area contributed by atoms with Gasteiger partial charge in [-0.15, -0.1) is 11.3 Å². The van der Waals surface area contributed by atoms with E-state index in [1.807, 2.05) is 0 Å². The van der Waals surface area contributed by atoms with Crippen LogP contribution in [0.15, 0.2) is 23.1 Å². The first-order chi connectivity index (χ1) is 8.08. The number of hydrogen-bond acceptors (Lipinski definition) is 4. The molecule has 2 heterocycles. The zero-order valence-electron chi connectivity index (χ0n) is 9.53. The Morgan fingerprint density at radius 3 is 2.94 bits per heavy atom. The molecular weight excluding hydrogens is 258 g/mol. The Morgan fingerprint density at radius 1 is 1.53 bits per heavy atom. The summed E-state index contributed by atoms with van der Waals surface area (Å²) in [4.78, 5) is 14.0. The normalized spacial score (nSPS) is 10.5. The fourth-order valence-corrected chi connectivity index (χ4v) is 2.46. The van der Waals surface area contributed by atoms with E-state index in [0.717, 1.165) is 0 Å². The minimum atomic E-state index is -0.293. The molecule has 2 rings (SSSR count). The smallest absolute Gasteiger partial charge is 0.287 e. The van der Waals surface area contributed by atoms with E-state index >= 15 is 0 Å². The lowest BCUT2D eigenvalue weighted by Gasteiger charge is -2.06. The second kappa shape index (κ2) is 4.89. The second-order valence-corrected chi connectivity index (χ2v) is 5.42. The van der Waals surface area contributed by atoms with Crippen molar-refractivity contribution in [3.8, 4) is 0 Å². The predicted octanol–water partition coefficient (Wildman–Crippen LogP) is 2.42. The van der Waals surface area contributed by atoms with Crippen LogP contribution in [0.5, 0.6) is 0 Å². The van der Waals surface area contributed by atoms with E-state index in [-0.39, 0.29) is 10.6 Å². The average Bonchev–Trinajstić information content (AvgIpc) is 2.71. The fraction of sp³-hybridized carbons (Fsp3) is 0.273. The molecule has 1 N–H and O–H groups in total. The predicted molar refractivity (Wildman–Crippen MR) is 70.9 cm³/mol. The van der Waals surface area contributed by atoms with Crippen LogP contribution in [-0.2, 0) is 13.6 Å². The molecule has 0 aromatic carbocycles. The molecule has 0 saturated heterocycles. The number of nitrogens with one attached hydrogen (secondary N) is 1. The van der Waals surface area contributed by atoms with Gasteiger partial charge in [-0.1, -0.05) is 11.6 Å². The van der Waals surface area contributed by atoms with Crippen LogP contribution in [0.3, 0.4) is 0 Å². The lowest BCUT2D eigenvalue weighted by atomic mass is 10.4. The number of anilines is 1. The van der Waals surface area contributed by atoms with Gasteiger partial charge >= 0.3 is 0 Å². The van der Waals surface area contributed by atoms with Gasteiger partial charge < -0.3 is 5.32 Å². The van der Waals surface area contributed by atoms with Crippen LogP contribution >= 0.6 is 22.9 Å². The minimum Gasteiger partial charge on any atom is -0.377 e. The Labute approximate surface area is 108 Å². The number of aromatic nitrogens is 2. The Kier molecular flexibility index (Phi) is 3.49. The van der Waals surface area contributed by atoms with Gasteiger partial charge in [0.15, 0.2) is 0 Å². The van der Waals surface area contributed by atoms with Crippen molar-refractivity contribution in [1.82, 2.24) is 9.78 Å². The largest absolute Gasteiger partial charge is 0.377 e. The quantitative estimate of drug-likeness (QED) is 0.931. The molecule has 0 aliphatic carbocycles. The molecule has 2 aromatic heterocycles. The van der Waals surface area contributed by atoms with Crippen LogP contribution in [-0.4, -0.2) is 9.78 Å². The minimum absolute atomic E-state index is 0.177. The van der Waals surface area contributed by atoms with Gasteiger partial charge in [-0.05, 0) is 19.1 Å². The van der Waals surface area contributed by atoms with Gasteiger partial charge in [-0.3, -0.25) is 4.79 Å². The molecule has 90 valence electrons. The van der Waals surface area contributed by atoms with Crippen LogP contribution < -0.4 is 10.9 Å². The summed E-state index contributed by atoms with van der Waals surface area (Å²) in [7, 11) is 1.57. The molecule has 0 bridgehead atoms. The van der Waals surface area contributed by atoms with E-state index in [1.54, 1.807) is 24.6 Å². The van der Waals surface area contributed by atoms with Crippen molar-refractivity contribution in [3.63, 3.8) is 0 Å². The van der Waals surface area contributed by atoms with Gasteiger partial charge in [0, 0.05) is 23.3 Å². The van der Waals surface area contributed by atoms with E-state index in [2.05, 4.69) is 29.5 Å². The van der Waals surface area contributed by atoms with Crippen molar-refractivity contribution in [2.45, 2.75) is 13.5 Å². The maximum absolute atomic E-state index is 11.5. The van der Waals surface area contributed by atoms with Crippen LogP contribution in [0.25, 0.3) is 0 Å². The van der Waals surface area contributed by atoms with Crippen molar-refractivity contribution < 1.29 is 0 Å². The highest BCUT2D eigenvalue weighted by Crippen LogP contribution is 2.19. The Bertz CT molecular complexity index is 591. The summed E-state index contributed by atoms with van der Waals surface area (Å²) in [6.07, 6.45) is 1.56. The van der Waals surface area contributed by atoms with Crippen molar-refractivity contribution in [2.24, 2.45) is 7.05 Å². The van der Waals surface area contributed by atoms with E-state index < -0.39 is 0 Å². The molecule has 6 heteroatoms. The summed E-state index contributed by atoms with van der Waals surface area (Å²) in [5.41, 5.74) is 0.278. The summed E-state index contributed by atoms with van der Waals surface area (Å²) >= 11 is 7.65. The molecule has 17 heavy (non-hydrogen) atoms. The van der Waals surface area contributed by atoms with E-state index in [0.29, 0.717) is 12.2 Å². The summed E-state index contributed by atoms with van der Waals surface area (Å²) < 4.78 is 1.21. The van der Waals surface area contributed by atoms with Crippen LogP contribution in [0.1, 0.15) is 9.75 Å². The first-order valence-electron chi connectivity index (χ1n) is 5.09. The standard InChI is InChI=1S/C11H12ClN3OS/c1-7-3-4-8(17-7)5-13-9-6-14-15(2)11(16)10(9)12/h3-4,6,13H,5H2,1-2H3. The summed E-state index contributed by atoms with van der Waals surface area (Å²) in [6, 6.07) is 4.11. The lowest BCUT2D eigenvalue weighted by Crippen LogP contribution is -2.20. The molecule has 0 aliphatic rings. The monoisotopic (exact) mass is 269 g/mol. The summed E-state index contributed by atoms with van der Waals surface area (Å²) in [6.45, 7) is 2.70. The summed E-state index contributed by atoms with van der Waals surface area (Å²) in [5.74, 6) is 0. The van der Waals surface area contributed by atoms with E-state index in [9.17, 15) is 4.79 Å². The van der Waals surface area contributed by atoms with Gasteiger partial charge in [0.25, 0.3) is 5.56 Å². The maximum Gasteiger partial charge on any atom is 0.287 e. The van der Waals surface area contributed by atoms with Crippen molar-refractivity contribution in [3.05, 3.63) is 43.5 Å². The fourth-order valence-electron chi connectivity index (χ4n) is 1.40. The topological polar surface area (TPSA) is 46.9 Å². The molecule has 4 nitrogen and oxygen atoms in total. The molecule has 0 aliphatic heterocycles. The van der Waals surface area contributed by atoms with Crippen molar-refractivity contribution in [1.29, 1.82) is 0 Å². The molecule has 2 aromatic rings. The zero-order valence-corrected chi connectivity index (χ0v) is 11.1. The van der Waals surface area contributed by atoms with Gasteiger partial charge in [-0.2, -0.15) is 5.10 Å². The molecule has 0 spiro atoms. The average molecular weight is 270 g/mol. The molecule has 0 atom stereocenters. The van der Waals surface area contributed by atoms with E-state index in [1.165, 1.54) is 14.4 Å². The first-order valence-corrected chi connectivity index (χ1v) is 6.28. The highest BCUT2D eigenvalue weighted by molar-refractivity contribution is 7.11. The Balaban J connectivity index is 2.15. The molecular formula is C11H12ClN3OS. The maximum atomic E-state index is 11.5. The van der Waals surface area contributed by atoms with Crippen molar-refractivity contribution in [2.75, 3.05) is 5.32 Å². The molecule has 0 saturated carbocycles. The highest BCUT2D eigenvalue weighted by Gasteiger charge is 2.07. The Hall–Kier alpha value is -1.33. The number of hydrogen-bond donors (Lipinski definition) is 1. The zero-order chi connectivity index (χ0) is 12.4. The molecule has 0 radical (unpaired) electrons. The van der Waals surface area contributed by atoms with Gasteiger partial charge in [0.1, 0.15) is 5.02 Å². The highest BCUT2D eigenvalue weighted by atomic mass is 35.5. The van der Waals surface area contributed by atoms with Crippen LogP contribution in [0.4, 0.5) is 5.69 Å². The third kappa shape index (κ3) is 2.68. The van der Waals surface area contributed by atoms with Gasteiger partial charge in [0.2, 0.25) is 0 Å². The molecule has 0 fully saturated rings. The number of halogens is 1. The SMILES string of the molecule is Cc1ccc(CNc2cnn(C)c(=O)c2Cl)s1. The number of rotatable bonds is 3. The lowest BCUT2D eigenvalue weighted by molar-refractivity contribution is 0.708. The van der Waals surface area contributed by atoms with Gasteiger partial charge in [0.05, 0.1) is 11.9 Å². The first kappa shape index (κ1) is 12.1. The number of aryl methyl sites for hydroxylation is 2. The van der Waals surface area contributed by atoms with Crippen LogP contribution in [0, 0.1) is 6.92 Å². The van der Waals surface area contributed by atoms with Gasteiger partial charge in [-0.25, -0.2) is 4.68 Å². The molecule has 0 amide bonds. The van der Waals surface area contributed by atoms with Crippen LogP contribution in [0.2, 0.25) is 5.02 Å². The summed E-state index contributed by atoms with van der Waals surface area (Å²) in [5, 5.41) is 7.21. The Morgan fingerprint density at radius 2 is 2.29 bits per heavy atom. The molecule has 0 unspecified atom stereocenters. The third-order valence-corrected chi connectivity index (χ3v) is 3.69. The number of nitrogens with zero attached hydrogens (tertiary/aromatic N) is 2. The number of thiophene rings is 1. The van der Waals surface area contributed by atoms with E-state index in [4.69, 9.17) is 11.6 Å². The third-order valence-electron chi connectivity index (χ3n) is 2.33.